The molecule has 2 aromatic rings. The van der Waals surface area contributed by atoms with Gasteiger partial charge < -0.3 is 5.32 Å². The highest BCUT2D eigenvalue weighted by Gasteiger charge is 2.35. The van der Waals surface area contributed by atoms with Crippen molar-refractivity contribution in [2.24, 2.45) is 0 Å². The van der Waals surface area contributed by atoms with Crippen molar-refractivity contribution in [3.8, 4) is 0 Å². The molecule has 1 amide bonds. The Bertz CT molecular complexity index is 685. The van der Waals surface area contributed by atoms with Crippen LogP contribution >= 0.6 is 11.6 Å². The first-order valence-electron chi connectivity index (χ1n) is 5.72. The molecule has 0 fully saturated rings. The molecule has 110 valence electrons. The van der Waals surface area contributed by atoms with E-state index in [1.807, 2.05) is 5.32 Å². The predicted molar refractivity (Wildman–Crippen MR) is 70.8 cm³/mol. The summed E-state index contributed by atoms with van der Waals surface area (Å²) in [6.07, 6.45) is -4.69. The summed E-state index contributed by atoms with van der Waals surface area (Å²) in [6.45, 7) is 0. The van der Waals surface area contributed by atoms with E-state index in [1.54, 1.807) is 0 Å². The SMILES string of the molecule is O=C(Nc1c(Cl)cccc1C(F)(F)F)c1ccccc1F. The topological polar surface area (TPSA) is 29.1 Å². The fourth-order valence-corrected chi connectivity index (χ4v) is 1.94. The minimum absolute atomic E-state index is 0.283. The minimum Gasteiger partial charge on any atom is -0.320 e. The number of hydrogen-bond acceptors (Lipinski definition) is 1. The van der Waals surface area contributed by atoms with Crippen LogP contribution in [0.2, 0.25) is 5.02 Å². The summed E-state index contributed by atoms with van der Waals surface area (Å²) < 4.78 is 52.1. The number of benzene rings is 2. The van der Waals surface area contributed by atoms with Gasteiger partial charge >= 0.3 is 6.18 Å². The fourth-order valence-electron chi connectivity index (χ4n) is 1.71. The minimum atomic E-state index is -4.69. The number of amides is 1. The highest BCUT2D eigenvalue weighted by Crippen LogP contribution is 2.38. The molecule has 0 aliphatic rings. The molecule has 0 spiro atoms. The van der Waals surface area contributed by atoms with Crippen LogP contribution in [0.25, 0.3) is 0 Å². The lowest BCUT2D eigenvalue weighted by atomic mass is 10.1. The third-order valence-electron chi connectivity index (χ3n) is 2.68. The molecular weight excluding hydrogens is 310 g/mol. The van der Waals surface area contributed by atoms with E-state index >= 15 is 0 Å². The van der Waals surface area contributed by atoms with E-state index in [4.69, 9.17) is 11.6 Å². The van der Waals surface area contributed by atoms with E-state index < -0.39 is 29.2 Å². The Balaban J connectivity index is 2.41. The summed E-state index contributed by atoms with van der Waals surface area (Å²) in [5.74, 6) is -1.85. The van der Waals surface area contributed by atoms with Crippen LogP contribution in [0.15, 0.2) is 42.5 Å². The van der Waals surface area contributed by atoms with Gasteiger partial charge in [-0.2, -0.15) is 13.2 Å². The van der Waals surface area contributed by atoms with E-state index in [2.05, 4.69) is 0 Å². The number of carbonyl (C=O) groups is 1. The van der Waals surface area contributed by atoms with Crippen LogP contribution in [0.5, 0.6) is 0 Å². The molecular formula is C14H8ClF4NO. The van der Waals surface area contributed by atoms with Crippen molar-refractivity contribution >= 4 is 23.2 Å². The number of para-hydroxylation sites is 1. The predicted octanol–water partition coefficient (Wildman–Crippen LogP) is 4.75. The van der Waals surface area contributed by atoms with Gasteiger partial charge in [0.1, 0.15) is 5.82 Å². The van der Waals surface area contributed by atoms with Crippen molar-refractivity contribution in [3.05, 3.63) is 64.4 Å². The van der Waals surface area contributed by atoms with Crippen LogP contribution in [-0.4, -0.2) is 5.91 Å². The molecule has 0 unspecified atom stereocenters. The lowest BCUT2D eigenvalue weighted by molar-refractivity contribution is -0.136. The van der Waals surface area contributed by atoms with Crippen LogP contribution < -0.4 is 5.32 Å². The molecule has 0 radical (unpaired) electrons. The largest absolute Gasteiger partial charge is 0.418 e. The zero-order chi connectivity index (χ0) is 15.6. The number of hydrogen-bond donors (Lipinski definition) is 1. The Kier molecular flexibility index (Phi) is 4.18. The first kappa shape index (κ1) is 15.3. The number of alkyl halides is 3. The van der Waals surface area contributed by atoms with Crippen molar-refractivity contribution in [1.29, 1.82) is 0 Å². The molecule has 0 aliphatic carbocycles. The molecule has 2 rings (SSSR count). The molecule has 0 atom stereocenters. The molecule has 7 heteroatoms. The summed E-state index contributed by atoms with van der Waals surface area (Å²) in [4.78, 5) is 11.9. The quantitative estimate of drug-likeness (QED) is 0.796. The highest BCUT2D eigenvalue weighted by molar-refractivity contribution is 6.34. The Morgan fingerprint density at radius 2 is 1.71 bits per heavy atom. The van der Waals surface area contributed by atoms with Gasteiger partial charge in [-0.1, -0.05) is 29.8 Å². The molecule has 0 heterocycles. The van der Waals surface area contributed by atoms with E-state index in [1.165, 1.54) is 18.2 Å². The van der Waals surface area contributed by atoms with Crippen molar-refractivity contribution < 1.29 is 22.4 Å². The lowest BCUT2D eigenvalue weighted by Crippen LogP contribution is -2.18. The molecule has 1 N–H and O–H groups in total. The summed E-state index contributed by atoms with van der Waals surface area (Å²) >= 11 is 5.70. The Morgan fingerprint density at radius 3 is 2.33 bits per heavy atom. The molecule has 0 saturated carbocycles. The Morgan fingerprint density at radius 1 is 1.05 bits per heavy atom. The van der Waals surface area contributed by atoms with Gasteiger partial charge in [0.25, 0.3) is 5.91 Å². The Labute approximate surface area is 122 Å². The van der Waals surface area contributed by atoms with E-state index in [-0.39, 0.29) is 10.6 Å². The maximum atomic E-state index is 13.5. The van der Waals surface area contributed by atoms with E-state index in [0.717, 1.165) is 24.3 Å². The molecule has 0 saturated heterocycles. The van der Waals surface area contributed by atoms with E-state index in [0.29, 0.717) is 0 Å². The first-order valence-corrected chi connectivity index (χ1v) is 6.10. The molecule has 21 heavy (non-hydrogen) atoms. The van der Waals surface area contributed by atoms with Crippen LogP contribution in [0.4, 0.5) is 23.2 Å². The number of anilines is 1. The highest BCUT2D eigenvalue weighted by atomic mass is 35.5. The zero-order valence-corrected chi connectivity index (χ0v) is 11.1. The maximum Gasteiger partial charge on any atom is 0.418 e. The number of carbonyl (C=O) groups excluding carboxylic acids is 1. The summed E-state index contributed by atoms with van der Waals surface area (Å²) in [7, 11) is 0. The van der Waals surface area contributed by atoms with Crippen molar-refractivity contribution in [1.82, 2.24) is 0 Å². The second-order valence-corrected chi connectivity index (χ2v) is 4.50. The second-order valence-electron chi connectivity index (χ2n) is 4.09. The smallest absolute Gasteiger partial charge is 0.320 e. The first-order chi connectivity index (χ1) is 9.80. The van der Waals surface area contributed by atoms with Gasteiger partial charge in [0.05, 0.1) is 21.8 Å². The van der Waals surface area contributed by atoms with Gasteiger partial charge in [-0.05, 0) is 24.3 Å². The van der Waals surface area contributed by atoms with Crippen LogP contribution in [0.1, 0.15) is 15.9 Å². The second kappa shape index (κ2) is 5.73. The van der Waals surface area contributed by atoms with Crippen molar-refractivity contribution in [3.63, 3.8) is 0 Å². The molecule has 0 aromatic heterocycles. The maximum absolute atomic E-state index is 13.5. The molecule has 2 nitrogen and oxygen atoms in total. The lowest BCUT2D eigenvalue weighted by Gasteiger charge is -2.15. The molecule has 2 aromatic carbocycles. The molecule has 0 bridgehead atoms. The summed E-state index contributed by atoms with van der Waals surface area (Å²) in [5, 5.41) is 1.73. The number of halogens is 5. The third kappa shape index (κ3) is 3.33. The average Bonchev–Trinajstić information content (AvgIpc) is 2.40. The third-order valence-corrected chi connectivity index (χ3v) is 2.99. The standard InChI is InChI=1S/C14H8ClF4NO/c15-10-6-3-5-9(14(17,18)19)12(10)20-13(21)8-4-1-2-7-11(8)16/h1-7H,(H,20,21). The van der Waals surface area contributed by atoms with Crippen molar-refractivity contribution in [2.75, 3.05) is 5.32 Å². The van der Waals surface area contributed by atoms with Gasteiger partial charge in [0.15, 0.2) is 0 Å². The van der Waals surface area contributed by atoms with Gasteiger partial charge in [-0.3, -0.25) is 4.79 Å². The van der Waals surface area contributed by atoms with Gasteiger partial charge in [-0.25, -0.2) is 4.39 Å². The monoisotopic (exact) mass is 317 g/mol. The fraction of sp³-hybridized carbons (Fsp3) is 0.0714. The summed E-state index contributed by atoms with van der Waals surface area (Å²) in [6, 6.07) is 8.06. The number of rotatable bonds is 2. The van der Waals surface area contributed by atoms with Crippen molar-refractivity contribution in [2.45, 2.75) is 6.18 Å². The normalized spacial score (nSPS) is 11.3. The van der Waals surface area contributed by atoms with Crippen LogP contribution in [0.3, 0.4) is 0 Å². The molecule has 0 aliphatic heterocycles. The Hall–Kier alpha value is -2.08. The number of nitrogens with one attached hydrogen (secondary N) is 1. The average molecular weight is 318 g/mol. The van der Waals surface area contributed by atoms with Gasteiger partial charge in [-0.15, -0.1) is 0 Å². The van der Waals surface area contributed by atoms with Crippen LogP contribution in [-0.2, 0) is 6.18 Å². The van der Waals surface area contributed by atoms with Gasteiger partial charge in [0.2, 0.25) is 0 Å². The van der Waals surface area contributed by atoms with E-state index in [9.17, 15) is 22.4 Å². The van der Waals surface area contributed by atoms with Gasteiger partial charge in [0, 0.05) is 0 Å². The van der Waals surface area contributed by atoms with Crippen LogP contribution in [0, 0.1) is 5.82 Å². The zero-order valence-electron chi connectivity index (χ0n) is 10.3. The summed E-state index contributed by atoms with van der Waals surface area (Å²) in [5.41, 5.74) is -2.06.